The summed E-state index contributed by atoms with van der Waals surface area (Å²) in [5.41, 5.74) is 1.13. The van der Waals surface area contributed by atoms with Gasteiger partial charge in [0.25, 0.3) is 0 Å². The van der Waals surface area contributed by atoms with Gasteiger partial charge < -0.3 is 5.11 Å². The first kappa shape index (κ1) is 12.4. The van der Waals surface area contributed by atoms with Crippen molar-refractivity contribution in [3.05, 3.63) is 48.0 Å². The van der Waals surface area contributed by atoms with Crippen LogP contribution in [0.25, 0.3) is 10.8 Å². The molecule has 0 aromatic heterocycles. The van der Waals surface area contributed by atoms with Gasteiger partial charge in [-0.15, -0.1) is 6.61 Å². The van der Waals surface area contributed by atoms with Crippen LogP contribution in [0, 0.1) is 0 Å². The third-order valence-corrected chi connectivity index (χ3v) is 2.20. The molecule has 2 aromatic carbocycles. The number of hydrogen-bond donors (Lipinski definition) is 0. The number of benzene rings is 2. The van der Waals surface area contributed by atoms with Crippen molar-refractivity contribution in [1.29, 1.82) is 0 Å². The van der Waals surface area contributed by atoms with E-state index in [9.17, 15) is 5.11 Å². The van der Waals surface area contributed by atoms with Gasteiger partial charge in [0, 0.05) is 0 Å². The Hall–Kier alpha value is 0.296. The van der Waals surface area contributed by atoms with Crippen LogP contribution in [0.3, 0.4) is 0 Å². The van der Waals surface area contributed by atoms with Gasteiger partial charge in [0.1, 0.15) is 0 Å². The number of fused-ring (bicyclic) bond motifs is 1. The maximum atomic E-state index is 10.4. The third kappa shape index (κ3) is 2.89. The molecular weight excluding hydrogens is 199 g/mol. The van der Waals surface area contributed by atoms with E-state index in [-0.39, 0.29) is 58.0 Å². The fourth-order valence-corrected chi connectivity index (χ4v) is 1.51. The van der Waals surface area contributed by atoms with Crippen LogP contribution >= 0.6 is 0 Å². The maximum Gasteiger partial charge on any atom is 1.00 e. The molecule has 0 radical (unpaired) electrons. The average Bonchev–Trinajstić information content (AvgIpc) is 2.18. The smallest absolute Gasteiger partial charge is 0.854 e. The maximum absolute atomic E-state index is 10.4. The quantitative estimate of drug-likeness (QED) is 0.568. The molecule has 66 valence electrons. The van der Waals surface area contributed by atoms with E-state index < -0.39 is 0 Å². The second kappa shape index (κ2) is 6.01. The van der Waals surface area contributed by atoms with Gasteiger partial charge in [-0.05, 0) is 22.8 Å². The molecule has 2 aromatic rings. The van der Waals surface area contributed by atoms with Crippen molar-refractivity contribution in [3.8, 4) is 0 Å². The van der Waals surface area contributed by atoms with Crippen molar-refractivity contribution < 1.29 is 56.5 Å². The molecule has 0 bridgehead atoms. The van der Waals surface area contributed by atoms with Crippen LogP contribution in [0.2, 0.25) is 0 Å². The molecule has 0 atom stereocenters. The van der Waals surface area contributed by atoms with Gasteiger partial charge in [-0.1, -0.05) is 42.5 Å². The second-order valence-electron chi connectivity index (χ2n) is 3.14. The van der Waals surface area contributed by atoms with E-state index in [1.54, 1.807) is 0 Å². The molecule has 0 fully saturated rings. The minimum absolute atomic E-state index is 0. The Morgan fingerprint density at radius 3 is 2.36 bits per heavy atom. The van der Waals surface area contributed by atoms with Gasteiger partial charge >= 0.3 is 51.4 Å². The summed E-state index contributed by atoms with van der Waals surface area (Å²) in [5.74, 6) is 0. The van der Waals surface area contributed by atoms with Crippen molar-refractivity contribution in [2.24, 2.45) is 0 Å². The zero-order valence-corrected chi connectivity index (χ0v) is 11.5. The first-order valence-electron chi connectivity index (χ1n) is 4.46. The SMILES string of the molecule is [K+].[O-]CCc1ccc2ccccc2c1. The number of hydrogen-bond acceptors (Lipinski definition) is 1. The Kier molecular flexibility index (Phi) is 5.30. The standard InChI is InChI=1S/C12H11O.K/c13-8-7-10-5-6-11-3-1-2-4-12(11)9-10;/h1-6,9H,7-8H2;/q-1;+1. The second-order valence-corrected chi connectivity index (χ2v) is 3.14. The Balaban J connectivity index is 0.000000980. The average molecular weight is 210 g/mol. The summed E-state index contributed by atoms with van der Waals surface area (Å²) in [5, 5.41) is 12.9. The van der Waals surface area contributed by atoms with E-state index in [0.29, 0.717) is 6.42 Å². The third-order valence-electron chi connectivity index (χ3n) is 2.20. The van der Waals surface area contributed by atoms with E-state index in [1.807, 2.05) is 18.2 Å². The predicted octanol–water partition coefficient (Wildman–Crippen LogP) is -1.25. The summed E-state index contributed by atoms with van der Waals surface area (Å²) in [6, 6.07) is 14.4. The summed E-state index contributed by atoms with van der Waals surface area (Å²) in [6.07, 6.45) is 0.630. The van der Waals surface area contributed by atoms with Crippen molar-refractivity contribution in [2.45, 2.75) is 6.42 Å². The largest absolute Gasteiger partial charge is 1.00 e. The summed E-state index contributed by atoms with van der Waals surface area (Å²) < 4.78 is 0. The van der Waals surface area contributed by atoms with E-state index in [1.165, 1.54) is 10.8 Å². The molecule has 0 amide bonds. The molecule has 0 N–H and O–H groups in total. The van der Waals surface area contributed by atoms with Crippen LogP contribution in [0.1, 0.15) is 5.56 Å². The summed E-state index contributed by atoms with van der Waals surface area (Å²) in [4.78, 5) is 0. The van der Waals surface area contributed by atoms with Crippen molar-refractivity contribution in [2.75, 3.05) is 6.61 Å². The predicted molar refractivity (Wildman–Crippen MR) is 52.5 cm³/mol. The first-order valence-corrected chi connectivity index (χ1v) is 4.46. The van der Waals surface area contributed by atoms with Crippen LogP contribution in [-0.4, -0.2) is 6.61 Å². The molecule has 0 aliphatic heterocycles. The Bertz CT molecular complexity index is 412. The van der Waals surface area contributed by atoms with Gasteiger partial charge in [-0.3, -0.25) is 0 Å². The van der Waals surface area contributed by atoms with Crippen molar-refractivity contribution in [3.63, 3.8) is 0 Å². The Morgan fingerprint density at radius 1 is 0.929 bits per heavy atom. The Morgan fingerprint density at radius 2 is 1.64 bits per heavy atom. The topological polar surface area (TPSA) is 23.1 Å². The van der Waals surface area contributed by atoms with E-state index in [0.717, 1.165) is 5.56 Å². The number of rotatable bonds is 2. The molecule has 0 aliphatic carbocycles. The molecule has 14 heavy (non-hydrogen) atoms. The molecule has 1 nitrogen and oxygen atoms in total. The molecule has 0 heterocycles. The van der Waals surface area contributed by atoms with Gasteiger partial charge in [0.05, 0.1) is 0 Å². The molecule has 0 spiro atoms. The molecule has 0 saturated carbocycles. The summed E-state index contributed by atoms with van der Waals surface area (Å²) in [6.45, 7) is -0.0294. The molecule has 0 unspecified atom stereocenters. The van der Waals surface area contributed by atoms with E-state index >= 15 is 0 Å². The van der Waals surface area contributed by atoms with Gasteiger partial charge in [0.15, 0.2) is 0 Å². The van der Waals surface area contributed by atoms with Crippen LogP contribution in [0.4, 0.5) is 0 Å². The molecule has 2 heteroatoms. The van der Waals surface area contributed by atoms with Crippen LogP contribution in [-0.2, 0) is 6.42 Å². The normalized spacial score (nSPS) is 9.79. The molecule has 2 rings (SSSR count). The van der Waals surface area contributed by atoms with Crippen molar-refractivity contribution in [1.82, 2.24) is 0 Å². The fourth-order valence-electron chi connectivity index (χ4n) is 1.51. The van der Waals surface area contributed by atoms with Gasteiger partial charge in [0.2, 0.25) is 0 Å². The van der Waals surface area contributed by atoms with Crippen LogP contribution in [0.5, 0.6) is 0 Å². The Labute approximate surface area is 127 Å². The van der Waals surface area contributed by atoms with Crippen molar-refractivity contribution >= 4 is 10.8 Å². The monoisotopic (exact) mass is 210 g/mol. The molecular formula is C12H11KO. The minimum atomic E-state index is -0.0294. The minimum Gasteiger partial charge on any atom is -0.854 e. The molecule has 0 saturated heterocycles. The fraction of sp³-hybridized carbons (Fsp3) is 0.167. The zero-order chi connectivity index (χ0) is 9.10. The van der Waals surface area contributed by atoms with Crippen LogP contribution in [0.15, 0.2) is 42.5 Å². The van der Waals surface area contributed by atoms with E-state index in [2.05, 4.69) is 24.3 Å². The molecule has 0 aliphatic rings. The van der Waals surface area contributed by atoms with Crippen LogP contribution < -0.4 is 56.5 Å². The van der Waals surface area contributed by atoms with Gasteiger partial charge in [-0.2, -0.15) is 0 Å². The van der Waals surface area contributed by atoms with E-state index in [4.69, 9.17) is 0 Å². The summed E-state index contributed by atoms with van der Waals surface area (Å²) in [7, 11) is 0. The summed E-state index contributed by atoms with van der Waals surface area (Å²) >= 11 is 0. The van der Waals surface area contributed by atoms with Gasteiger partial charge in [-0.25, -0.2) is 0 Å². The first-order chi connectivity index (χ1) is 6.40. The zero-order valence-electron chi connectivity index (χ0n) is 8.36.